The fourth-order valence-electron chi connectivity index (χ4n) is 2.33. The third-order valence-corrected chi connectivity index (χ3v) is 3.89. The number of hydrogen-bond donors (Lipinski definition) is 1. The van der Waals surface area contributed by atoms with E-state index in [2.05, 4.69) is 25.4 Å². The number of amides is 1. The van der Waals surface area contributed by atoms with Crippen molar-refractivity contribution in [2.45, 2.75) is 19.8 Å². The van der Waals surface area contributed by atoms with Crippen LogP contribution in [0.3, 0.4) is 0 Å². The molecule has 7 nitrogen and oxygen atoms in total. The first-order valence-electron chi connectivity index (χ1n) is 8.60. The third-order valence-electron chi connectivity index (χ3n) is 3.89. The third kappa shape index (κ3) is 5.16. The number of oxime groups is 1. The van der Waals surface area contributed by atoms with Gasteiger partial charge in [-0.15, -0.1) is 0 Å². The molecule has 0 unspecified atom stereocenters. The van der Waals surface area contributed by atoms with Crippen LogP contribution in [0, 0.1) is 12.7 Å². The standard InChI is InChI=1S/C20H18FN5O2/c1-14-16(12-22-13-17(14)21)20(27)26-18-8-7-15(11-24-18)5-4-10-25-28-19-6-2-3-9-23-19/h2-3,6-13H,4-5H2,1H3,(H,24,26,27)/b25-10+. The van der Waals surface area contributed by atoms with E-state index in [1.807, 2.05) is 12.1 Å². The number of hydrogen-bond acceptors (Lipinski definition) is 6. The normalized spacial score (nSPS) is 10.8. The molecule has 0 fully saturated rings. The lowest BCUT2D eigenvalue weighted by Gasteiger charge is -2.07. The highest BCUT2D eigenvalue weighted by atomic mass is 19.1. The summed E-state index contributed by atoms with van der Waals surface area (Å²) in [6.07, 6.45) is 8.72. The average molecular weight is 379 g/mol. The number of pyridine rings is 3. The topological polar surface area (TPSA) is 89.4 Å². The molecule has 0 saturated carbocycles. The van der Waals surface area contributed by atoms with Gasteiger partial charge in [0.25, 0.3) is 5.91 Å². The molecule has 142 valence electrons. The highest BCUT2D eigenvalue weighted by Crippen LogP contribution is 2.13. The number of carbonyl (C=O) groups is 1. The Balaban J connectivity index is 1.49. The minimum Gasteiger partial charge on any atom is -0.337 e. The van der Waals surface area contributed by atoms with Crippen LogP contribution in [-0.2, 0) is 6.42 Å². The molecule has 3 aromatic heterocycles. The highest BCUT2D eigenvalue weighted by molar-refractivity contribution is 6.04. The van der Waals surface area contributed by atoms with E-state index < -0.39 is 11.7 Å². The summed E-state index contributed by atoms with van der Waals surface area (Å²) in [5, 5.41) is 6.50. The van der Waals surface area contributed by atoms with Crippen LogP contribution >= 0.6 is 0 Å². The van der Waals surface area contributed by atoms with Crippen molar-refractivity contribution < 1.29 is 14.0 Å². The molecule has 0 aromatic carbocycles. The Morgan fingerprint density at radius 2 is 2.11 bits per heavy atom. The number of nitrogens with one attached hydrogen (secondary N) is 1. The van der Waals surface area contributed by atoms with E-state index >= 15 is 0 Å². The molecule has 3 rings (SSSR count). The molecule has 0 atom stereocenters. The van der Waals surface area contributed by atoms with Gasteiger partial charge in [-0.25, -0.2) is 14.4 Å². The number of aryl methyl sites for hydroxylation is 1. The number of anilines is 1. The summed E-state index contributed by atoms with van der Waals surface area (Å²) in [4.78, 5) is 29.3. The van der Waals surface area contributed by atoms with Gasteiger partial charge < -0.3 is 10.2 Å². The van der Waals surface area contributed by atoms with Gasteiger partial charge in [-0.2, -0.15) is 0 Å². The first-order chi connectivity index (χ1) is 13.6. The summed E-state index contributed by atoms with van der Waals surface area (Å²) >= 11 is 0. The molecule has 28 heavy (non-hydrogen) atoms. The largest absolute Gasteiger partial charge is 0.337 e. The van der Waals surface area contributed by atoms with Crippen molar-refractivity contribution >= 4 is 17.9 Å². The maximum absolute atomic E-state index is 13.5. The van der Waals surface area contributed by atoms with Crippen LogP contribution in [0.15, 0.2) is 60.3 Å². The van der Waals surface area contributed by atoms with Crippen LogP contribution in [0.5, 0.6) is 5.88 Å². The SMILES string of the molecule is Cc1c(F)cncc1C(=O)Nc1ccc(CC/C=N/Oc2ccccn2)cn1. The van der Waals surface area contributed by atoms with Crippen LogP contribution in [0.25, 0.3) is 0 Å². The Labute approximate surface area is 161 Å². The molecule has 0 radical (unpaired) electrons. The summed E-state index contributed by atoms with van der Waals surface area (Å²) in [7, 11) is 0. The smallest absolute Gasteiger partial charge is 0.258 e. The van der Waals surface area contributed by atoms with Crippen LogP contribution < -0.4 is 10.2 Å². The molecule has 0 saturated heterocycles. The van der Waals surface area contributed by atoms with Crippen LogP contribution in [-0.4, -0.2) is 27.1 Å². The van der Waals surface area contributed by atoms with Gasteiger partial charge in [0, 0.05) is 36.4 Å². The molecule has 0 bridgehead atoms. The van der Waals surface area contributed by atoms with Crippen molar-refractivity contribution in [3.05, 3.63) is 77.6 Å². The molecule has 8 heteroatoms. The first kappa shape index (κ1) is 19.1. The zero-order valence-electron chi connectivity index (χ0n) is 15.2. The molecule has 0 aliphatic rings. The second kappa shape index (κ2) is 9.31. The lowest BCUT2D eigenvalue weighted by molar-refractivity contribution is 0.102. The van der Waals surface area contributed by atoms with E-state index in [0.29, 0.717) is 24.5 Å². The summed E-state index contributed by atoms with van der Waals surface area (Å²) in [5.74, 6) is -0.165. The van der Waals surface area contributed by atoms with Crippen LogP contribution in [0.1, 0.15) is 27.9 Å². The van der Waals surface area contributed by atoms with Gasteiger partial charge in [-0.1, -0.05) is 17.3 Å². The Hall–Kier alpha value is -3.68. The summed E-state index contributed by atoms with van der Waals surface area (Å²) in [5.41, 5.74) is 1.40. The molecule has 0 aliphatic heterocycles. The number of halogens is 1. The zero-order chi connectivity index (χ0) is 19.8. The van der Waals surface area contributed by atoms with E-state index in [1.165, 1.54) is 13.1 Å². The first-order valence-corrected chi connectivity index (χ1v) is 8.60. The maximum Gasteiger partial charge on any atom is 0.258 e. The summed E-state index contributed by atoms with van der Waals surface area (Å²) in [6, 6.07) is 8.88. The molecule has 3 aromatic rings. The van der Waals surface area contributed by atoms with Gasteiger partial charge in [0.15, 0.2) is 0 Å². The highest BCUT2D eigenvalue weighted by Gasteiger charge is 2.13. The lowest BCUT2D eigenvalue weighted by Crippen LogP contribution is -2.15. The zero-order valence-corrected chi connectivity index (χ0v) is 15.2. The van der Waals surface area contributed by atoms with Crippen molar-refractivity contribution in [1.82, 2.24) is 15.0 Å². The van der Waals surface area contributed by atoms with Gasteiger partial charge in [0.1, 0.15) is 11.6 Å². The fraction of sp³-hybridized carbons (Fsp3) is 0.150. The van der Waals surface area contributed by atoms with Crippen LogP contribution in [0.2, 0.25) is 0 Å². The predicted octanol–water partition coefficient (Wildman–Crippen LogP) is 3.57. The molecular formula is C20H18FN5O2. The number of rotatable bonds is 7. The van der Waals surface area contributed by atoms with Gasteiger partial charge >= 0.3 is 0 Å². The Kier molecular flexibility index (Phi) is 6.35. The number of carbonyl (C=O) groups excluding carboxylic acids is 1. The van der Waals surface area contributed by atoms with E-state index in [4.69, 9.17) is 4.84 Å². The van der Waals surface area contributed by atoms with E-state index in [-0.39, 0.29) is 11.1 Å². The predicted molar refractivity (Wildman–Crippen MR) is 103 cm³/mol. The fourth-order valence-corrected chi connectivity index (χ4v) is 2.33. The number of aromatic nitrogens is 3. The van der Waals surface area contributed by atoms with E-state index in [1.54, 1.807) is 36.8 Å². The Morgan fingerprint density at radius 3 is 2.86 bits per heavy atom. The Bertz CT molecular complexity index is 962. The number of nitrogens with zero attached hydrogens (tertiary/aromatic N) is 4. The minimum absolute atomic E-state index is 0.176. The molecular weight excluding hydrogens is 361 g/mol. The Morgan fingerprint density at radius 1 is 1.21 bits per heavy atom. The van der Waals surface area contributed by atoms with Crippen LogP contribution in [0.4, 0.5) is 10.2 Å². The molecule has 0 aliphatic carbocycles. The van der Waals surface area contributed by atoms with Crippen molar-refractivity contribution in [2.24, 2.45) is 5.16 Å². The van der Waals surface area contributed by atoms with Gasteiger partial charge in [0.2, 0.25) is 5.88 Å². The van der Waals surface area contributed by atoms with Gasteiger partial charge in [0.05, 0.1) is 11.8 Å². The molecule has 0 spiro atoms. The van der Waals surface area contributed by atoms with Crippen molar-refractivity contribution in [3.8, 4) is 5.88 Å². The lowest BCUT2D eigenvalue weighted by atomic mass is 10.1. The van der Waals surface area contributed by atoms with Gasteiger partial charge in [-0.05, 0) is 37.5 Å². The average Bonchev–Trinajstić information content (AvgIpc) is 2.72. The maximum atomic E-state index is 13.5. The molecule has 1 N–H and O–H groups in total. The molecule has 3 heterocycles. The van der Waals surface area contributed by atoms with Gasteiger partial charge in [-0.3, -0.25) is 9.78 Å². The second-order valence-electron chi connectivity index (χ2n) is 5.89. The van der Waals surface area contributed by atoms with E-state index in [9.17, 15) is 9.18 Å². The molecule has 1 amide bonds. The monoisotopic (exact) mass is 379 g/mol. The summed E-state index contributed by atoms with van der Waals surface area (Å²) < 4.78 is 13.5. The quantitative estimate of drug-likeness (QED) is 0.501. The second-order valence-corrected chi connectivity index (χ2v) is 5.89. The van der Waals surface area contributed by atoms with E-state index in [0.717, 1.165) is 11.8 Å². The summed E-state index contributed by atoms with van der Waals surface area (Å²) in [6.45, 7) is 1.53. The van der Waals surface area contributed by atoms with Crippen molar-refractivity contribution in [1.29, 1.82) is 0 Å². The minimum atomic E-state index is -0.523. The van der Waals surface area contributed by atoms with Crippen molar-refractivity contribution in [2.75, 3.05) is 5.32 Å². The van der Waals surface area contributed by atoms with Crippen molar-refractivity contribution in [3.63, 3.8) is 0 Å².